The molecule has 0 aromatic heterocycles. The van der Waals surface area contributed by atoms with E-state index in [4.69, 9.17) is 10.00 Å². The van der Waals surface area contributed by atoms with Gasteiger partial charge in [0.25, 0.3) is 5.69 Å². The Labute approximate surface area is 207 Å². The highest BCUT2D eigenvalue weighted by Crippen LogP contribution is 2.35. The van der Waals surface area contributed by atoms with Crippen LogP contribution in [-0.4, -0.2) is 55.0 Å². The summed E-state index contributed by atoms with van der Waals surface area (Å²) in [5, 5.41) is 21.5. The maximum absolute atomic E-state index is 12.9. The summed E-state index contributed by atoms with van der Waals surface area (Å²) in [6.07, 6.45) is -0.0773. The summed E-state index contributed by atoms with van der Waals surface area (Å²) in [6, 6.07) is 11.7. The van der Waals surface area contributed by atoms with Gasteiger partial charge < -0.3 is 15.0 Å². The molecule has 12 heteroatoms. The number of fused-ring (bicyclic) bond motifs is 1. The number of carbonyl (C=O) groups is 3. The number of hydrogen-bond donors (Lipinski definition) is 1. The van der Waals surface area contributed by atoms with Gasteiger partial charge in [0.2, 0.25) is 11.8 Å². The van der Waals surface area contributed by atoms with Crippen LogP contribution in [0.3, 0.4) is 0 Å². The number of hydrogen-bond acceptors (Lipinski definition) is 8. The number of nitriles is 1. The minimum Gasteiger partial charge on any atom is -0.459 e. The Hall–Kier alpha value is -4.37. The van der Waals surface area contributed by atoms with Crippen LogP contribution in [0.2, 0.25) is 0 Å². The summed E-state index contributed by atoms with van der Waals surface area (Å²) in [5.74, 6) is -1.87. The van der Waals surface area contributed by atoms with Crippen molar-refractivity contribution in [3.8, 4) is 6.07 Å². The number of nitro groups is 1. The zero-order valence-corrected chi connectivity index (χ0v) is 19.6. The number of amides is 2. The molecule has 2 aromatic rings. The fraction of sp³-hybridized carbons (Fsp3) is 0.250. The molecule has 2 aromatic carbocycles. The molecule has 2 amide bonds. The molecule has 0 bridgehead atoms. The van der Waals surface area contributed by atoms with Gasteiger partial charge in [0, 0.05) is 17.9 Å². The van der Waals surface area contributed by atoms with Crippen molar-refractivity contribution >= 4 is 34.3 Å². The van der Waals surface area contributed by atoms with Crippen LogP contribution in [0.15, 0.2) is 60.7 Å². The summed E-state index contributed by atoms with van der Waals surface area (Å²) in [5.41, 5.74) is 1.64. The van der Waals surface area contributed by atoms with Gasteiger partial charge in [-0.15, -0.1) is 0 Å². The van der Waals surface area contributed by atoms with Crippen LogP contribution in [0.4, 0.5) is 5.69 Å². The second-order valence-corrected chi connectivity index (χ2v) is 9.82. The number of nitrogens with zero attached hydrogens (tertiary/aromatic N) is 3. The summed E-state index contributed by atoms with van der Waals surface area (Å²) in [4.78, 5) is 49.6. The molecule has 0 radical (unpaired) electrons. The van der Waals surface area contributed by atoms with Crippen molar-refractivity contribution in [1.82, 2.24) is 10.2 Å². The van der Waals surface area contributed by atoms with E-state index in [0.29, 0.717) is 16.7 Å². The van der Waals surface area contributed by atoms with E-state index in [1.54, 1.807) is 24.3 Å². The molecular formula is C24H20N4O7S. The summed E-state index contributed by atoms with van der Waals surface area (Å²) in [7, 11) is -1.59. The summed E-state index contributed by atoms with van der Waals surface area (Å²) >= 11 is 0. The fourth-order valence-electron chi connectivity index (χ4n) is 4.10. The molecule has 36 heavy (non-hydrogen) atoms. The molecule has 184 valence electrons. The van der Waals surface area contributed by atoms with Gasteiger partial charge >= 0.3 is 5.97 Å². The Kier molecular flexibility index (Phi) is 6.93. The number of esters is 1. The monoisotopic (exact) mass is 508 g/mol. The number of nitro benzene ring substituents is 1. The third-order valence-corrected chi connectivity index (χ3v) is 7.52. The second kappa shape index (κ2) is 10.1. The minimum absolute atomic E-state index is 0.0394. The molecule has 2 aliphatic rings. The van der Waals surface area contributed by atoms with Crippen molar-refractivity contribution in [3.05, 3.63) is 87.5 Å². The summed E-state index contributed by atoms with van der Waals surface area (Å²) < 4.78 is 18.1. The second-order valence-electron chi connectivity index (χ2n) is 8.29. The van der Waals surface area contributed by atoms with E-state index >= 15 is 0 Å². The molecule has 2 fully saturated rings. The molecule has 0 saturated carbocycles. The third kappa shape index (κ3) is 4.87. The van der Waals surface area contributed by atoms with E-state index in [9.17, 15) is 28.7 Å². The number of non-ortho nitro benzene ring substituents is 1. The molecule has 2 saturated heterocycles. The smallest absolute Gasteiger partial charge is 0.333 e. The molecule has 4 rings (SSSR count). The quantitative estimate of drug-likeness (QED) is 0.191. The molecule has 11 nitrogen and oxygen atoms in total. The Bertz CT molecular complexity index is 1330. The third-order valence-electron chi connectivity index (χ3n) is 5.83. The minimum atomic E-state index is -1.59. The number of benzene rings is 2. The molecule has 1 N–H and O–H groups in total. The average Bonchev–Trinajstić information content (AvgIpc) is 2.86. The van der Waals surface area contributed by atoms with Crippen LogP contribution < -0.4 is 5.32 Å². The lowest BCUT2D eigenvalue weighted by molar-refractivity contribution is -0.384. The first-order chi connectivity index (χ1) is 17.2. The van der Waals surface area contributed by atoms with Gasteiger partial charge in [-0.3, -0.25) is 23.9 Å². The van der Waals surface area contributed by atoms with Gasteiger partial charge in [-0.25, -0.2) is 4.79 Å². The Morgan fingerprint density at radius 3 is 2.64 bits per heavy atom. The lowest BCUT2D eigenvalue weighted by atomic mass is 9.98. The van der Waals surface area contributed by atoms with Gasteiger partial charge in [-0.1, -0.05) is 18.7 Å². The van der Waals surface area contributed by atoms with Crippen LogP contribution >= 0.6 is 0 Å². The van der Waals surface area contributed by atoms with Crippen molar-refractivity contribution in [1.29, 1.82) is 5.26 Å². The van der Waals surface area contributed by atoms with Crippen molar-refractivity contribution in [2.24, 2.45) is 0 Å². The van der Waals surface area contributed by atoms with E-state index in [1.165, 1.54) is 24.3 Å². The topological polar surface area (TPSA) is 160 Å². The van der Waals surface area contributed by atoms with Gasteiger partial charge in [0.05, 0.1) is 33.8 Å². The number of β-lactam (4-membered cyclic amide) rings is 1. The molecule has 3 unspecified atom stereocenters. The SMILES string of the molecule is C=C1CS(=O)[C@@H]2C(NC(=O)Cc3cccc(C#N)c3)C(=O)N2C1C(=O)OCc1ccc([N+](=O)[O-])cc1. The predicted molar refractivity (Wildman–Crippen MR) is 126 cm³/mol. The molecule has 2 heterocycles. The normalized spacial score (nSPS) is 22.6. The van der Waals surface area contributed by atoms with Crippen molar-refractivity contribution in [2.75, 3.05) is 5.75 Å². The van der Waals surface area contributed by atoms with Crippen LogP contribution in [0.5, 0.6) is 0 Å². The first kappa shape index (κ1) is 24.7. The van der Waals surface area contributed by atoms with E-state index in [-0.39, 0.29) is 30.0 Å². The molecule has 4 atom stereocenters. The van der Waals surface area contributed by atoms with Gasteiger partial charge in [0.1, 0.15) is 18.0 Å². The van der Waals surface area contributed by atoms with E-state index in [1.807, 2.05) is 6.07 Å². The number of ether oxygens (including phenoxy) is 1. The maximum Gasteiger partial charge on any atom is 0.333 e. The van der Waals surface area contributed by atoms with Gasteiger partial charge in [-0.2, -0.15) is 5.26 Å². The molecular weight excluding hydrogens is 488 g/mol. The van der Waals surface area contributed by atoms with E-state index in [0.717, 1.165) is 4.90 Å². The first-order valence-corrected chi connectivity index (χ1v) is 12.1. The number of nitrogens with one attached hydrogen (secondary N) is 1. The highest BCUT2D eigenvalue weighted by Gasteiger charge is 2.59. The van der Waals surface area contributed by atoms with Crippen LogP contribution in [0.1, 0.15) is 16.7 Å². The highest BCUT2D eigenvalue weighted by molar-refractivity contribution is 7.86. The number of rotatable bonds is 7. The highest BCUT2D eigenvalue weighted by atomic mass is 32.2. The standard InChI is InChI=1S/C24H20N4O7S/c1-14-13-36(34)23-20(26-19(29)10-16-3-2-4-17(9-16)11-25)22(30)27(23)21(14)24(31)35-12-15-5-7-18(8-6-15)28(32)33/h2-9,20-21,23H,1,10,12-13H2,(H,26,29)/t20?,21?,23-,36?/m1/s1. The van der Waals surface area contributed by atoms with Crippen LogP contribution in [0.25, 0.3) is 0 Å². The average molecular weight is 509 g/mol. The largest absolute Gasteiger partial charge is 0.459 e. The first-order valence-electron chi connectivity index (χ1n) is 10.7. The summed E-state index contributed by atoms with van der Waals surface area (Å²) in [6.45, 7) is 3.61. The van der Waals surface area contributed by atoms with Crippen LogP contribution in [0, 0.1) is 21.4 Å². The lowest BCUT2D eigenvalue weighted by Gasteiger charge is -2.52. The Morgan fingerprint density at radius 2 is 1.97 bits per heavy atom. The van der Waals surface area contributed by atoms with Crippen LogP contribution in [-0.2, 0) is 42.9 Å². The van der Waals surface area contributed by atoms with Crippen molar-refractivity contribution < 1.29 is 28.3 Å². The number of carbonyl (C=O) groups excluding carboxylic acids is 3. The molecule has 0 aliphatic carbocycles. The molecule has 2 aliphatic heterocycles. The van der Waals surface area contributed by atoms with E-state index < -0.39 is 51.0 Å². The zero-order chi connectivity index (χ0) is 26.0. The predicted octanol–water partition coefficient (Wildman–Crippen LogP) is 1.09. The van der Waals surface area contributed by atoms with Crippen molar-refractivity contribution in [3.63, 3.8) is 0 Å². The molecule has 0 spiro atoms. The maximum atomic E-state index is 12.9. The fourth-order valence-corrected chi connectivity index (χ4v) is 5.77. The lowest BCUT2D eigenvalue weighted by Crippen LogP contribution is -2.77. The Morgan fingerprint density at radius 1 is 1.25 bits per heavy atom. The Balaban J connectivity index is 1.40. The zero-order valence-electron chi connectivity index (χ0n) is 18.8. The van der Waals surface area contributed by atoms with E-state index in [2.05, 4.69) is 11.9 Å². The van der Waals surface area contributed by atoms with Gasteiger partial charge in [0.15, 0.2) is 6.04 Å². The van der Waals surface area contributed by atoms with Gasteiger partial charge in [-0.05, 0) is 41.0 Å². The van der Waals surface area contributed by atoms with Crippen molar-refractivity contribution in [2.45, 2.75) is 30.5 Å².